The summed E-state index contributed by atoms with van der Waals surface area (Å²) >= 11 is 0. The fraction of sp³-hybridized carbons (Fsp3) is 0.500. The topological polar surface area (TPSA) is 52.5 Å². The van der Waals surface area contributed by atoms with Crippen molar-refractivity contribution >= 4 is 0 Å². The van der Waals surface area contributed by atoms with Crippen molar-refractivity contribution in [3.63, 3.8) is 0 Å². The Morgan fingerprint density at radius 3 is 2.40 bits per heavy atom. The number of rotatable bonds is 7. The molecule has 3 nitrogen and oxygen atoms in total. The van der Waals surface area contributed by atoms with Crippen LogP contribution in [0.5, 0.6) is 5.75 Å². The molecule has 0 spiro atoms. The van der Waals surface area contributed by atoms with Crippen LogP contribution < -0.4 is 5.32 Å². The second-order valence-corrected chi connectivity index (χ2v) is 3.60. The van der Waals surface area contributed by atoms with Gasteiger partial charge < -0.3 is 15.5 Å². The summed E-state index contributed by atoms with van der Waals surface area (Å²) in [4.78, 5) is 0. The number of benzene rings is 1. The summed E-state index contributed by atoms with van der Waals surface area (Å²) in [7, 11) is 0. The Morgan fingerprint density at radius 2 is 1.73 bits per heavy atom. The summed E-state index contributed by atoms with van der Waals surface area (Å²) in [6, 6.07) is 7.35. The van der Waals surface area contributed by atoms with Crippen LogP contribution in [-0.4, -0.2) is 29.9 Å². The minimum Gasteiger partial charge on any atom is -0.508 e. The lowest BCUT2D eigenvalue weighted by molar-refractivity contribution is 0.292. The Balaban J connectivity index is 2.07. The Labute approximate surface area is 90.8 Å². The number of hydrogen-bond acceptors (Lipinski definition) is 3. The van der Waals surface area contributed by atoms with Gasteiger partial charge in [0.15, 0.2) is 0 Å². The first-order valence-corrected chi connectivity index (χ1v) is 5.42. The molecule has 0 aliphatic carbocycles. The second kappa shape index (κ2) is 7.26. The van der Waals surface area contributed by atoms with Crippen LogP contribution >= 0.6 is 0 Å². The van der Waals surface area contributed by atoms with Crippen LogP contribution in [0.2, 0.25) is 0 Å². The molecule has 0 radical (unpaired) electrons. The van der Waals surface area contributed by atoms with Crippen molar-refractivity contribution in [2.75, 3.05) is 19.7 Å². The smallest absolute Gasteiger partial charge is 0.115 e. The molecule has 0 saturated carbocycles. The van der Waals surface area contributed by atoms with Crippen molar-refractivity contribution in [1.82, 2.24) is 5.32 Å². The van der Waals surface area contributed by atoms with Gasteiger partial charge in [-0.3, -0.25) is 0 Å². The zero-order valence-corrected chi connectivity index (χ0v) is 8.95. The SMILES string of the molecule is OCCNCCCCc1ccc(O)cc1. The molecule has 0 saturated heterocycles. The van der Waals surface area contributed by atoms with Gasteiger partial charge in [-0.15, -0.1) is 0 Å². The number of aliphatic hydroxyl groups is 1. The lowest BCUT2D eigenvalue weighted by atomic mass is 10.1. The monoisotopic (exact) mass is 209 g/mol. The lowest BCUT2D eigenvalue weighted by Gasteiger charge is -2.03. The van der Waals surface area contributed by atoms with Gasteiger partial charge in [-0.1, -0.05) is 12.1 Å². The largest absolute Gasteiger partial charge is 0.508 e. The summed E-state index contributed by atoms with van der Waals surface area (Å²) in [6.45, 7) is 1.84. The highest BCUT2D eigenvalue weighted by molar-refractivity contribution is 5.25. The van der Waals surface area contributed by atoms with Crippen molar-refractivity contribution in [3.05, 3.63) is 29.8 Å². The minimum atomic E-state index is 0.206. The molecule has 1 rings (SSSR count). The van der Waals surface area contributed by atoms with Crippen LogP contribution in [-0.2, 0) is 6.42 Å². The third-order valence-electron chi connectivity index (χ3n) is 2.29. The number of nitrogens with one attached hydrogen (secondary N) is 1. The molecule has 0 aliphatic rings. The van der Waals surface area contributed by atoms with Crippen LogP contribution in [0.4, 0.5) is 0 Å². The molecule has 0 aromatic heterocycles. The maximum absolute atomic E-state index is 9.09. The van der Waals surface area contributed by atoms with Gasteiger partial charge >= 0.3 is 0 Å². The van der Waals surface area contributed by atoms with Gasteiger partial charge in [0.1, 0.15) is 5.75 Å². The minimum absolute atomic E-state index is 0.206. The van der Waals surface area contributed by atoms with Crippen LogP contribution in [0.3, 0.4) is 0 Å². The van der Waals surface area contributed by atoms with Crippen molar-refractivity contribution in [1.29, 1.82) is 0 Å². The molecule has 3 N–H and O–H groups in total. The van der Waals surface area contributed by atoms with Gasteiger partial charge in [0.2, 0.25) is 0 Å². The number of phenolic OH excluding ortho intramolecular Hbond substituents is 1. The van der Waals surface area contributed by atoms with E-state index < -0.39 is 0 Å². The van der Waals surface area contributed by atoms with Crippen LogP contribution in [0.1, 0.15) is 18.4 Å². The van der Waals surface area contributed by atoms with Crippen LogP contribution in [0, 0.1) is 0 Å². The molecule has 0 bridgehead atoms. The molecule has 0 fully saturated rings. The predicted molar refractivity (Wildman–Crippen MR) is 61.0 cm³/mol. The second-order valence-electron chi connectivity index (χ2n) is 3.60. The Morgan fingerprint density at radius 1 is 1.00 bits per heavy atom. The Bertz CT molecular complexity index is 259. The average molecular weight is 209 g/mol. The van der Waals surface area contributed by atoms with Crippen LogP contribution in [0.25, 0.3) is 0 Å². The van der Waals surface area contributed by atoms with Gasteiger partial charge in [0.05, 0.1) is 6.61 Å². The highest BCUT2D eigenvalue weighted by atomic mass is 16.3. The first-order chi connectivity index (χ1) is 7.33. The van der Waals surface area contributed by atoms with E-state index in [-0.39, 0.29) is 6.61 Å². The van der Waals surface area contributed by atoms with Crippen molar-refractivity contribution < 1.29 is 10.2 Å². The number of unbranched alkanes of at least 4 members (excludes halogenated alkanes) is 1. The third-order valence-corrected chi connectivity index (χ3v) is 2.29. The molecule has 0 aliphatic heterocycles. The molecule has 84 valence electrons. The van der Waals surface area contributed by atoms with E-state index in [0.29, 0.717) is 12.3 Å². The zero-order valence-electron chi connectivity index (χ0n) is 8.95. The fourth-order valence-electron chi connectivity index (χ4n) is 1.45. The first kappa shape index (κ1) is 12.0. The van der Waals surface area contributed by atoms with E-state index in [1.807, 2.05) is 12.1 Å². The molecule has 0 unspecified atom stereocenters. The summed E-state index contributed by atoms with van der Waals surface area (Å²) < 4.78 is 0. The maximum atomic E-state index is 9.09. The van der Waals surface area contributed by atoms with E-state index in [1.165, 1.54) is 5.56 Å². The standard InChI is InChI=1S/C12H19NO2/c14-10-9-13-8-2-1-3-11-4-6-12(15)7-5-11/h4-7,13-15H,1-3,8-10H2. The van der Waals surface area contributed by atoms with E-state index >= 15 is 0 Å². The van der Waals surface area contributed by atoms with Gasteiger partial charge in [0, 0.05) is 6.54 Å². The highest BCUT2D eigenvalue weighted by Crippen LogP contribution is 2.11. The molecule has 3 heteroatoms. The Kier molecular flexibility index (Phi) is 5.81. The Hall–Kier alpha value is -1.06. The summed E-state index contributed by atoms with van der Waals surface area (Å²) in [5.74, 6) is 0.323. The third kappa shape index (κ3) is 5.40. The predicted octanol–water partition coefficient (Wildman–Crippen LogP) is 1.30. The summed E-state index contributed by atoms with van der Waals surface area (Å²) in [5, 5.41) is 20.8. The van der Waals surface area contributed by atoms with E-state index in [1.54, 1.807) is 12.1 Å². The van der Waals surface area contributed by atoms with Gasteiger partial charge in [-0.05, 0) is 43.5 Å². The normalized spacial score (nSPS) is 10.5. The first-order valence-electron chi connectivity index (χ1n) is 5.42. The molecule has 0 heterocycles. The summed E-state index contributed by atoms with van der Waals surface area (Å²) in [6.07, 6.45) is 3.28. The number of aromatic hydroxyl groups is 1. The highest BCUT2D eigenvalue weighted by Gasteiger charge is 1.94. The maximum Gasteiger partial charge on any atom is 0.115 e. The van der Waals surface area contributed by atoms with E-state index in [0.717, 1.165) is 25.8 Å². The lowest BCUT2D eigenvalue weighted by Crippen LogP contribution is -2.19. The number of aliphatic hydroxyl groups excluding tert-OH is 1. The van der Waals surface area contributed by atoms with Crippen molar-refractivity contribution in [2.24, 2.45) is 0 Å². The van der Waals surface area contributed by atoms with Crippen LogP contribution in [0.15, 0.2) is 24.3 Å². The number of hydrogen-bond donors (Lipinski definition) is 3. The summed E-state index contributed by atoms with van der Waals surface area (Å²) in [5.41, 5.74) is 1.26. The van der Waals surface area contributed by atoms with Crippen molar-refractivity contribution in [2.45, 2.75) is 19.3 Å². The fourth-order valence-corrected chi connectivity index (χ4v) is 1.45. The molecular formula is C12H19NO2. The molecule has 1 aromatic carbocycles. The molecule has 15 heavy (non-hydrogen) atoms. The number of aryl methyl sites for hydroxylation is 1. The van der Waals surface area contributed by atoms with Crippen molar-refractivity contribution in [3.8, 4) is 5.75 Å². The number of phenols is 1. The molecule has 1 aromatic rings. The quantitative estimate of drug-likeness (QED) is 0.593. The van der Waals surface area contributed by atoms with E-state index in [9.17, 15) is 0 Å². The van der Waals surface area contributed by atoms with E-state index in [4.69, 9.17) is 10.2 Å². The molecule has 0 amide bonds. The van der Waals surface area contributed by atoms with Gasteiger partial charge in [-0.2, -0.15) is 0 Å². The van der Waals surface area contributed by atoms with E-state index in [2.05, 4.69) is 5.32 Å². The zero-order chi connectivity index (χ0) is 10.9. The van der Waals surface area contributed by atoms with Gasteiger partial charge in [0.25, 0.3) is 0 Å². The average Bonchev–Trinajstić information content (AvgIpc) is 2.26. The molecular weight excluding hydrogens is 190 g/mol. The molecule has 0 atom stereocenters. The van der Waals surface area contributed by atoms with Gasteiger partial charge in [-0.25, -0.2) is 0 Å².